The van der Waals surface area contributed by atoms with E-state index in [0.29, 0.717) is 17.1 Å². The van der Waals surface area contributed by atoms with E-state index in [4.69, 9.17) is 0 Å². The number of benzene rings is 3. The summed E-state index contributed by atoms with van der Waals surface area (Å²) < 4.78 is 27.9. The summed E-state index contributed by atoms with van der Waals surface area (Å²) in [5.74, 6) is 0. The Kier molecular flexibility index (Phi) is 6.66. The molecule has 0 unspecified atom stereocenters. The summed E-state index contributed by atoms with van der Waals surface area (Å²) in [5.41, 5.74) is 2.97. The lowest BCUT2D eigenvalue weighted by Crippen LogP contribution is -2.31. The molecule has 0 saturated carbocycles. The highest BCUT2D eigenvalue weighted by Gasteiger charge is 2.23. The Balaban J connectivity index is 1.76. The number of allylic oxidation sites excluding steroid dienone is 1. The molecule has 0 N–H and O–H groups in total. The van der Waals surface area contributed by atoms with Crippen LogP contribution in [0.2, 0.25) is 0 Å². The standard InChI is InChI=1S/C24H25NO2S/c1-21-16-18-24(19-17-21)28(26,27)25(23-14-8-3-9-15-23)20-10-4-7-13-22-11-5-2-6-12-22/h2-6,8-12,14-19H,7,13,20H2,1H3/b10-4+. The number of para-hydroxylation sites is 1. The van der Waals surface area contributed by atoms with E-state index >= 15 is 0 Å². The lowest BCUT2D eigenvalue weighted by atomic mass is 10.1. The molecule has 0 fully saturated rings. The molecule has 0 heterocycles. The summed E-state index contributed by atoms with van der Waals surface area (Å²) >= 11 is 0. The largest absolute Gasteiger partial charge is 0.264 e. The van der Waals surface area contributed by atoms with Crippen molar-refractivity contribution in [2.24, 2.45) is 0 Å². The van der Waals surface area contributed by atoms with Gasteiger partial charge in [0.05, 0.1) is 17.1 Å². The minimum absolute atomic E-state index is 0.301. The molecule has 0 bridgehead atoms. The molecule has 4 heteroatoms. The van der Waals surface area contributed by atoms with Gasteiger partial charge in [-0.05, 0) is 49.6 Å². The van der Waals surface area contributed by atoms with Gasteiger partial charge in [0.15, 0.2) is 0 Å². The molecule has 0 spiro atoms. The monoisotopic (exact) mass is 391 g/mol. The minimum Gasteiger partial charge on any atom is -0.263 e. The molecule has 3 aromatic carbocycles. The first kappa shape index (κ1) is 19.9. The normalized spacial score (nSPS) is 11.6. The van der Waals surface area contributed by atoms with Crippen molar-refractivity contribution >= 4 is 15.7 Å². The van der Waals surface area contributed by atoms with Crippen molar-refractivity contribution in [1.82, 2.24) is 0 Å². The third-order valence-corrected chi connectivity index (χ3v) is 6.34. The van der Waals surface area contributed by atoms with Crippen molar-refractivity contribution in [2.45, 2.75) is 24.7 Å². The Morgan fingerprint density at radius 1 is 0.786 bits per heavy atom. The maximum absolute atomic E-state index is 13.2. The topological polar surface area (TPSA) is 37.4 Å². The molecule has 3 nitrogen and oxygen atoms in total. The number of hydrogen-bond donors (Lipinski definition) is 0. The molecule has 0 aliphatic carbocycles. The molecule has 144 valence electrons. The van der Waals surface area contributed by atoms with Crippen molar-refractivity contribution in [3.63, 3.8) is 0 Å². The second kappa shape index (κ2) is 9.38. The fourth-order valence-electron chi connectivity index (χ4n) is 2.96. The van der Waals surface area contributed by atoms with Crippen molar-refractivity contribution < 1.29 is 8.42 Å². The maximum atomic E-state index is 13.2. The van der Waals surface area contributed by atoms with Crippen molar-refractivity contribution in [1.29, 1.82) is 0 Å². The lowest BCUT2D eigenvalue weighted by molar-refractivity contribution is 0.593. The fraction of sp³-hybridized carbons (Fsp3) is 0.167. The zero-order valence-corrected chi connectivity index (χ0v) is 16.8. The van der Waals surface area contributed by atoms with Gasteiger partial charge in [-0.3, -0.25) is 4.31 Å². The summed E-state index contributed by atoms with van der Waals surface area (Å²) in [6, 6.07) is 26.5. The van der Waals surface area contributed by atoms with Gasteiger partial charge in [-0.1, -0.05) is 78.4 Å². The van der Waals surface area contributed by atoms with Gasteiger partial charge in [-0.2, -0.15) is 0 Å². The Labute approximate surface area is 168 Å². The lowest BCUT2D eigenvalue weighted by Gasteiger charge is -2.23. The van der Waals surface area contributed by atoms with Gasteiger partial charge in [0, 0.05) is 0 Å². The summed E-state index contributed by atoms with van der Waals surface area (Å²) in [7, 11) is -3.63. The van der Waals surface area contributed by atoms with Crippen LogP contribution in [0.5, 0.6) is 0 Å². The van der Waals surface area contributed by atoms with Gasteiger partial charge in [0.2, 0.25) is 0 Å². The SMILES string of the molecule is Cc1ccc(S(=O)(=O)N(C/C=C/CCc2ccccc2)c2ccccc2)cc1. The zero-order chi connectivity index (χ0) is 19.8. The molecule has 3 rings (SSSR count). The molecular weight excluding hydrogens is 366 g/mol. The third kappa shape index (κ3) is 5.11. The van der Waals surface area contributed by atoms with Crippen LogP contribution in [0.25, 0.3) is 0 Å². The van der Waals surface area contributed by atoms with Gasteiger partial charge in [-0.25, -0.2) is 8.42 Å². The quantitative estimate of drug-likeness (QED) is 0.484. The highest BCUT2D eigenvalue weighted by molar-refractivity contribution is 7.92. The van der Waals surface area contributed by atoms with Gasteiger partial charge in [0.1, 0.15) is 0 Å². The average molecular weight is 392 g/mol. The van der Waals surface area contributed by atoms with E-state index in [1.54, 1.807) is 12.1 Å². The molecule has 0 radical (unpaired) electrons. The zero-order valence-electron chi connectivity index (χ0n) is 16.0. The van der Waals surface area contributed by atoms with Crippen LogP contribution in [0.15, 0.2) is 102 Å². The Hall–Kier alpha value is -2.85. The summed E-state index contributed by atoms with van der Waals surface area (Å²) in [6.07, 6.45) is 5.79. The van der Waals surface area contributed by atoms with Crippen LogP contribution in [-0.4, -0.2) is 15.0 Å². The molecule has 0 aliphatic rings. The maximum Gasteiger partial charge on any atom is 0.264 e. The summed E-state index contributed by atoms with van der Waals surface area (Å²) in [6.45, 7) is 2.25. The summed E-state index contributed by atoms with van der Waals surface area (Å²) in [4.78, 5) is 0.305. The predicted octanol–water partition coefficient (Wildman–Crippen LogP) is 5.38. The van der Waals surface area contributed by atoms with Crippen LogP contribution in [0.3, 0.4) is 0 Å². The van der Waals surface area contributed by atoms with E-state index in [2.05, 4.69) is 12.1 Å². The Morgan fingerprint density at radius 2 is 1.39 bits per heavy atom. The number of anilines is 1. The van der Waals surface area contributed by atoms with E-state index in [0.717, 1.165) is 18.4 Å². The second-order valence-electron chi connectivity index (χ2n) is 6.68. The van der Waals surface area contributed by atoms with E-state index in [9.17, 15) is 8.42 Å². The van der Waals surface area contributed by atoms with Gasteiger partial charge < -0.3 is 0 Å². The first-order valence-electron chi connectivity index (χ1n) is 9.41. The Morgan fingerprint density at radius 3 is 2.04 bits per heavy atom. The smallest absolute Gasteiger partial charge is 0.263 e. The highest BCUT2D eigenvalue weighted by atomic mass is 32.2. The number of nitrogens with zero attached hydrogens (tertiary/aromatic N) is 1. The van der Waals surface area contributed by atoms with E-state index in [1.165, 1.54) is 9.87 Å². The second-order valence-corrected chi connectivity index (χ2v) is 8.54. The van der Waals surface area contributed by atoms with Crippen LogP contribution in [0, 0.1) is 6.92 Å². The summed E-state index contributed by atoms with van der Waals surface area (Å²) in [5, 5.41) is 0. The van der Waals surface area contributed by atoms with Crippen LogP contribution in [0.1, 0.15) is 17.5 Å². The highest BCUT2D eigenvalue weighted by Crippen LogP contribution is 2.23. The van der Waals surface area contributed by atoms with Crippen LogP contribution < -0.4 is 4.31 Å². The third-order valence-electron chi connectivity index (χ3n) is 4.53. The van der Waals surface area contributed by atoms with E-state index in [1.807, 2.05) is 79.7 Å². The van der Waals surface area contributed by atoms with Crippen LogP contribution in [-0.2, 0) is 16.4 Å². The molecule has 0 aliphatic heterocycles. The molecule has 0 atom stereocenters. The van der Waals surface area contributed by atoms with Crippen molar-refractivity contribution in [3.8, 4) is 0 Å². The molecular formula is C24H25NO2S. The molecule has 0 amide bonds. The number of sulfonamides is 1. The molecule has 28 heavy (non-hydrogen) atoms. The van der Waals surface area contributed by atoms with E-state index in [-0.39, 0.29) is 0 Å². The van der Waals surface area contributed by atoms with Gasteiger partial charge in [0.25, 0.3) is 10.0 Å². The fourth-order valence-corrected chi connectivity index (χ4v) is 4.37. The number of rotatable bonds is 8. The van der Waals surface area contributed by atoms with E-state index < -0.39 is 10.0 Å². The molecule has 0 saturated heterocycles. The van der Waals surface area contributed by atoms with Gasteiger partial charge in [-0.15, -0.1) is 0 Å². The molecule has 3 aromatic rings. The van der Waals surface area contributed by atoms with Gasteiger partial charge >= 0.3 is 0 Å². The first-order chi connectivity index (χ1) is 13.6. The van der Waals surface area contributed by atoms with Crippen LogP contribution in [0.4, 0.5) is 5.69 Å². The van der Waals surface area contributed by atoms with Crippen molar-refractivity contribution in [2.75, 3.05) is 10.8 Å². The minimum atomic E-state index is -3.63. The van der Waals surface area contributed by atoms with Crippen LogP contribution >= 0.6 is 0 Å². The predicted molar refractivity (Wildman–Crippen MR) is 116 cm³/mol. The first-order valence-corrected chi connectivity index (χ1v) is 10.8. The van der Waals surface area contributed by atoms with Crippen molar-refractivity contribution in [3.05, 3.63) is 108 Å². The molecule has 0 aromatic heterocycles. The number of hydrogen-bond acceptors (Lipinski definition) is 2. The Bertz CT molecular complexity index is 995. The average Bonchev–Trinajstić information content (AvgIpc) is 2.72. The number of aryl methyl sites for hydroxylation is 2.